The van der Waals surface area contributed by atoms with Crippen LogP contribution in [0.5, 0.6) is 0 Å². The summed E-state index contributed by atoms with van der Waals surface area (Å²) in [6.45, 7) is 0. The zero-order valence-electron chi connectivity index (χ0n) is 16.3. The summed E-state index contributed by atoms with van der Waals surface area (Å²) in [4.78, 5) is 4.97. The van der Waals surface area contributed by atoms with Crippen LogP contribution in [0.1, 0.15) is 0 Å². The lowest BCUT2D eigenvalue weighted by atomic mass is 9.88. The second-order valence-corrected chi connectivity index (χ2v) is 7.68. The van der Waals surface area contributed by atoms with Gasteiger partial charge in [-0.15, -0.1) is 0 Å². The average Bonchev–Trinajstić information content (AvgIpc) is 2.80. The van der Waals surface area contributed by atoms with Crippen LogP contribution in [-0.2, 0) is 0 Å². The lowest BCUT2D eigenvalue weighted by Crippen LogP contribution is -1.96. The van der Waals surface area contributed by atoms with Gasteiger partial charge in [0.05, 0.1) is 11.2 Å². The van der Waals surface area contributed by atoms with E-state index in [1.165, 1.54) is 24.3 Å². The van der Waals surface area contributed by atoms with Gasteiger partial charge in [0.15, 0.2) is 0 Å². The van der Waals surface area contributed by atoms with Crippen molar-refractivity contribution in [3.63, 3.8) is 0 Å². The van der Waals surface area contributed by atoms with E-state index in [2.05, 4.69) is 0 Å². The molecule has 0 fully saturated rings. The molecule has 150 valence electrons. The molecule has 0 saturated heterocycles. The van der Waals surface area contributed by atoms with Crippen LogP contribution in [0.2, 0.25) is 5.02 Å². The molecule has 0 bridgehead atoms. The summed E-state index contributed by atoms with van der Waals surface area (Å²) in [5.74, 6) is -0.614. The van der Waals surface area contributed by atoms with Gasteiger partial charge in [-0.3, -0.25) is 0 Å². The van der Waals surface area contributed by atoms with Crippen molar-refractivity contribution < 1.29 is 8.78 Å². The zero-order valence-corrected chi connectivity index (χ0v) is 17.1. The third-order valence-corrected chi connectivity index (χ3v) is 5.53. The van der Waals surface area contributed by atoms with E-state index in [4.69, 9.17) is 16.6 Å². The molecule has 0 saturated carbocycles. The molecule has 0 aliphatic rings. The van der Waals surface area contributed by atoms with Crippen LogP contribution in [0.4, 0.5) is 8.78 Å². The number of hydrogen-bond donors (Lipinski definition) is 0. The summed E-state index contributed by atoms with van der Waals surface area (Å²) >= 11 is 6.11. The van der Waals surface area contributed by atoms with Crippen molar-refractivity contribution in [3.05, 3.63) is 114 Å². The molecule has 31 heavy (non-hydrogen) atoms. The van der Waals surface area contributed by atoms with Gasteiger partial charge < -0.3 is 0 Å². The molecule has 0 N–H and O–H groups in total. The molecule has 0 amide bonds. The van der Waals surface area contributed by atoms with Crippen LogP contribution in [0.25, 0.3) is 44.4 Å². The summed E-state index contributed by atoms with van der Waals surface area (Å²) in [6, 6.07) is 28.1. The summed E-state index contributed by atoms with van der Waals surface area (Å²) in [7, 11) is 0. The van der Waals surface area contributed by atoms with Gasteiger partial charge in [0, 0.05) is 27.1 Å². The van der Waals surface area contributed by atoms with E-state index >= 15 is 0 Å². The Labute approximate surface area is 183 Å². The maximum absolute atomic E-state index is 13.7. The second-order valence-electron chi connectivity index (χ2n) is 7.25. The number of para-hydroxylation sites is 1. The van der Waals surface area contributed by atoms with Gasteiger partial charge in [0.25, 0.3) is 0 Å². The van der Waals surface area contributed by atoms with E-state index in [1.54, 1.807) is 24.3 Å². The van der Waals surface area contributed by atoms with Crippen molar-refractivity contribution in [2.45, 2.75) is 0 Å². The molecule has 4 heteroatoms. The molecule has 0 unspecified atom stereocenters. The number of nitrogens with zero attached hydrogens (tertiary/aromatic N) is 1. The lowest BCUT2D eigenvalue weighted by molar-refractivity contribution is 0.627. The molecule has 4 aromatic carbocycles. The van der Waals surface area contributed by atoms with Gasteiger partial charge in [-0.2, -0.15) is 0 Å². The summed E-state index contributed by atoms with van der Waals surface area (Å²) in [5.41, 5.74) is 5.91. The molecule has 0 radical (unpaired) electrons. The largest absolute Gasteiger partial charge is 0.247 e. The highest BCUT2D eigenvalue weighted by Crippen LogP contribution is 2.43. The highest BCUT2D eigenvalue weighted by atomic mass is 35.5. The fourth-order valence-electron chi connectivity index (χ4n) is 3.84. The Kier molecular flexibility index (Phi) is 4.97. The van der Waals surface area contributed by atoms with E-state index in [-0.39, 0.29) is 11.6 Å². The first-order valence-corrected chi connectivity index (χ1v) is 10.2. The minimum Gasteiger partial charge on any atom is -0.247 e. The average molecular weight is 428 g/mol. The van der Waals surface area contributed by atoms with Crippen LogP contribution in [-0.4, -0.2) is 4.98 Å². The molecule has 5 aromatic rings. The third kappa shape index (κ3) is 3.69. The highest BCUT2D eigenvalue weighted by Gasteiger charge is 2.19. The number of aromatic nitrogens is 1. The monoisotopic (exact) mass is 427 g/mol. The molecular formula is C27H16ClF2N. The predicted molar refractivity (Wildman–Crippen MR) is 123 cm³/mol. The molecule has 1 aromatic heterocycles. The number of halogens is 3. The minimum absolute atomic E-state index is 0.302. The molecule has 0 aliphatic carbocycles. The smallest absolute Gasteiger partial charge is 0.123 e. The van der Waals surface area contributed by atoms with E-state index in [0.717, 1.165) is 44.4 Å². The molecule has 5 rings (SSSR count). The van der Waals surface area contributed by atoms with Crippen LogP contribution in [0, 0.1) is 11.6 Å². The van der Waals surface area contributed by atoms with Gasteiger partial charge in [-0.1, -0.05) is 66.2 Å². The standard InChI is InChI=1S/C27H16ClF2N/c28-20-11-5-19(6-12-20)27-26(18-9-15-22(30)16-10-18)25(17-7-13-21(29)14-8-17)23-3-1-2-4-24(23)31-27/h1-16H. The first-order chi connectivity index (χ1) is 15.1. The lowest BCUT2D eigenvalue weighted by Gasteiger charge is -2.18. The molecule has 1 heterocycles. The van der Waals surface area contributed by atoms with Crippen LogP contribution >= 0.6 is 11.6 Å². The summed E-state index contributed by atoms with van der Waals surface area (Å²) in [5, 5.41) is 1.57. The van der Waals surface area contributed by atoms with Gasteiger partial charge >= 0.3 is 0 Å². The van der Waals surface area contributed by atoms with Gasteiger partial charge in [-0.25, -0.2) is 13.8 Å². The SMILES string of the molecule is Fc1ccc(-c2c(-c3ccc(Cl)cc3)nc3ccccc3c2-c2ccc(F)cc2)cc1. The third-order valence-electron chi connectivity index (χ3n) is 5.28. The molecule has 0 spiro atoms. The maximum atomic E-state index is 13.7. The summed E-state index contributed by atoms with van der Waals surface area (Å²) < 4.78 is 27.4. The Morgan fingerprint density at radius 1 is 0.548 bits per heavy atom. The van der Waals surface area contributed by atoms with Crippen LogP contribution in [0.15, 0.2) is 97.1 Å². The Morgan fingerprint density at radius 3 is 1.68 bits per heavy atom. The second kappa shape index (κ2) is 7.93. The number of fused-ring (bicyclic) bond motifs is 1. The van der Waals surface area contributed by atoms with Gasteiger partial charge in [0.2, 0.25) is 0 Å². The topological polar surface area (TPSA) is 12.9 Å². The van der Waals surface area contributed by atoms with Crippen molar-refractivity contribution >= 4 is 22.5 Å². The van der Waals surface area contributed by atoms with Crippen molar-refractivity contribution in [2.75, 3.05) is 0 Å². The quantitative estimate of drug-likeness (QED) is 0.283. The highest BCUT2D eigenvalue weighted by molar-refractivity contribution is 6.30. The van der Waals surface area contributed by atoms with Crippen LogP contribution in [0.3, 0.4) is 0 Å². The fourth-order valence-corrected chi connectivity index (χ4v) is 3.97. The van der Waals surface area contributed by atoms with E-state index in [1.807, 2.05) is 48.5 Å². The molecular weight excluding hydrogens is 412 g/mol. The Morgan fingerprint density at radius 2 is 1.06 bits per heavy atom. The normalized spacial score (nSPS) is 11.1. The van der Waals surface area contributed by atoms with Crippen molar-refractivity contribution in [1.29, 1.82) is 0 Å². The minimum atomic E-state index is -0.311. The van der Waals surface area contributed by atoms with Crippen LogP contribution < -0.4 is 0 Å². The first kappa shape index (κ1) is 19.4. The van der Waals surface area contributed by atoms with E-state index in [9.17, 15) is 8.78 Å². The predicted octanol–water partition coefficient (Wildman–Crippen LogP) is 8.17. The Hall–Kier alpha value is -3.56. The zero-order chi connectivity index (χ0) is 21.4. The summed E-state index contributed by atoms with van der Waals surface area (Å²) in [6.07, 6.45) is 0. The Bertz CT molecular complexity index is 1380. The van der Waals surface area contributed by atoms with Gasteiger partial charge in [0.1, 0.15) is 11.6 Å². The molecule has 0 atom stereocenters. The van der Waals surface area contributed by atoms with Crippen molar-refractivity contribution in [1.82, 2.24) is 4.98 Å². The fraction of sp³-hybridized carbons (Fsp3) is 0. The van der Waals surface area contributed by atoms with E-state index < -0.39 is 0 Å². The van der Waals surface area contributed by atoms with E-state index in [0.29, 0.717) is 5.02 Å². The first-order valence-electron chi connectivity index (χ1n) is 9.81. The maximum Gasteiger partial charge on any atom is 0.123 e. The number of rotatable bonds is 3. The molecule has 0 aliphatic heterocycles. The number of benzene rings is 4. The molecule has 1 nitrogen and oxygen atoms in total. The Balaban J connectivity index is 1.93. The van der Waals surface area contributed by atoms with Crippen molar-refractivity contribution in [3.8, 4) is 33.5 Å². The van der Waals surface area contributed by atoms with Crippen molar-refractivity contribution in [2.24, 2.45) is 0 Å². The number of hydrogen-bond acceptors (Lipinski definition) is 1. The van der Waals surface area contributed by atoms with Gasteiger partial charge in [-0.05, 0) is 53.6 Å². The number of pyridine rings is 1.